The first kappa shape index (κ1) is 19.0. The molecule has 0 aromatic carbocycles. The number of hydrogen-bond acceptors (Lipinski definition) is 10. The monoisotopic (exact) mass is 424 g/mol. The summed E-state index contributed by atoms with van der Waals surface area (Å²) in [6.07, 6.45) is -6.91. The molecule has 30 heavy (non-hydrogen) atoms. The molecule has 0 bridgehead atoms. The fourth-order valence-corrected chi connectivity index (χ4v) is 8.12. The van der Waals surface area contributed by atoms with Gasteiger partial charge in [-0.3, -0.25) is 4.79 Å². The highest BCUT2D eigenvalue weighted by Crippen LogP contribution is 2.84. The van der Waals surface area contributed by atoms with Gasteiger partial charge in [0.15, 0.2) is 17.8 Å². The van der Waals surface area contributed by atoms with Crippen LogP contribution in [0.15, 0.2) is 0 Å². The van der Waals surface area contributed by atoms with Gasteiger partial charge in [0.1, 0.15) is 12.2 Å². The molecule has 0 aromatic rings. The summed E-state index contributed by atoms with van der Waals surface area (Å²) in [5, 5.41) is 34.7. The number of aliphatic hydroxyl groups is 3. The van der Waals surface area contributed by atoms with Crippen LogP contribution < -0.4 is 0 Å². The van der Waals surface area contributed by atoms with Crippen LogP contribution in [0.1, 0.15) is 34.1 Å². The molecule has 2 spiro atoms. The number of esters is 3. The fourth-order valence-electron chi connectivity index (χ4n) is 8.12. The Morgan fingerprint density at radius 2 is 1.70 bits per heavy atom. The molecule has 4 aliphatic heterocycles. The van der Waals surface area contributed by atoms with Crippen molar-refractivity contribution in [2.45, 2.75) is 76.0 Å². The Balaban J connectivity index is 1.72. The molecule has 2 saturated carbocycles. The van der Waals surface area contributed by atoms with Crippen LogP contribution in [0, 0.1) is 28.1 Å². The largest absolute Gasteiger partial charge is 0.459 e. The van der Waals surface area contributed by atoms with Gasteiger partial charge in [-0.2, -0.15) is 0 Å². The van der Waals surface area contributed by atoms with Crippen LogP contribution in [0.2, 0.25) is 0 Å². The van der Waals surface area contributed by atoms with Crippen molar-refractivity contribution in [2.75, 3.05) is 0 Å². The van der Waals surface area contributed by atoms with Crippen molar-refractivity contribution in [1.29, 1.82) is 0 Å². The molecule has 164 valence electrons. The molecule has 4 saturated heterocycles. The van der Waals surface area contributed by atoms with Crippen molar-refractivity contribution in [3.05, 3.63) is 0 Å². The summed E-state index contributed by atoms with van der Waals surface area (Å²) in [5.74, 6) is -4.32. The predicted molar refractivity (Wildman–Crippen MR) is 92.0 cm³/mol. The number of ether oxygens (including phenoxy) is 4. The zero-order valence-corrected chi connectivity index (χ0v) is 16.9. The third-order valence-corrected chi connectivity index (χ3v) is 9.00. The Bertz CT molecular complexity index is 925. The minimum atomic E-state index is -2.24. The zero-order valence-electron chi connectivity index (χ0n) is 16.9. The number of aliphatic hydroxyl groups excluding tert-OH is 2. The van der Waals surface area contributed by atoms with Crippen LogP contribution in [-0.4, -0.2) is 75.1 Å². The van der Waals surface area contributed by atoms with Gasteiger partial charge in [0.2, 0.25) is 11.9 Å². The predicted octanol–water partition coefficient (Wildman–Crippen LogP) is -1.37. The average Bonchev–Trinajstić information content (AvgIpc) is 3.35. The fraction of sp³-hybridized carbons (Fsp3) is 0.850. The molecule has 11 atom stereocenters. The highest BCUT2D eigenvalue weighted by atomic mass is 16.8. The van der Waals surface area contributed by atoms with Gasteiger partial charge in [-0.15, -0.1) is 0 Å². The first-order chi connectivity index (χ1) is 13.8. The second kappa shape index (κ2) is 4.69. The molecule has 0 amide bonds. The maximum atomic E-state index is 13.4. The van der Waals surface area contributed by atoms with E-state index >= 15 is 0 Å². The van der Waals surface area contributed by atoms with Gasteiger partial charge < -0.3 is 34.3 Å². The number of rotatable bonds is 0. The first-order valence-electron chi connectivity index (χ1n) is 10.2. The van der Waals surface area contributed by atoms with E-state index < -0.39 is 87.9 Å². The lowest BCUT2D eigenvalue weighted by molar-refractivity contribution is -0.239. The lowest BCUT2D eigenvalue weighted by Crippen LogP contribution is -2.67. The molecule has 2 aliphatic carbocycles. The quantitative estimate of drug-likeness (QED) is 0.314. The number of hydrogen-bond donors (Lipinski definition) is 3. The van der Waals surface area contributed by atoms with E-state index in [2.05, 4.69) is 0 Å². The third-order valence-electron chi connectivity index (χ3n) is 9.00. The summed E-state index contributed by atoms with van der Waals surface area (Å²) < 4.78 is 22.5. The van der Waals surface area contributed by atoms with Crippen molar-refractivity contribution in [3.8, 4) is 0 Å². The summed E-state index contributed by atoms with van der Waals surface area (Å²) in [5.41, 5.74) is -8.26. The van der Waals surface area contributed by atoms with E-state index in [0.717, 1.165) is 0 Å². The maximum Gasteiger partial charge on any atom is 0.343 e. The number of carbonyl (C=O) groups excluding carboxylic acids is 3. The molecule has 10 nitrogen and oxygen atoms in total. The first-order valence-corrected chi connectivity index (χ1v) is 10.2. The summed E-state index contributed by atoms with van der Waals surface area (Å²) in [6.45, 7) is 7.14. The van der Waals surface area contributed by atoms with Gasteiger partial charge in [-0.1, -0.05) is 20.8 Å². The highest BCUT2D eigenvalue weighted by Gasteiger charge is 3.03. The number of fused-ring (bicyclic) bond motifs is 1. The Kier molecular flexibility index (Phi) is 2.97. The molecule has 6 rings (SSSR count). The normalized spacial score (nSPS) is 60.1. The van der Waals surface area contributed by atoms with Gasteiger partial charge in [-0.05, 0) is 24.7 Å². The van der Waals surface area contributed by atoms with E-state index in [1.165, 1.54) is 6.92 Å². The van der Waals surface area contributed by atoms with Gasteiger partial charge in [0, 0.05) is 0 Å². The molecule has 0 radical (unpaired) electrons. The van der Waals surface area contributed by atoms with Crippen molar-refractivity contribution in [2.24, 2.45) is 28.1 Å². The van der Waals surface area contributed by atoms with Crippen molar-refractivity contribution < 1.29 is 48.7 Å². The van der Waals surface area contributed by atoms with Crippen LogP contribution in [-0.2, 0) is 33.3 Å². The van der Waals surface area contributed by atoms with Gasteiger partial charge in [0.25, 0.3) is 0 Å². The lowest BCUT2D eigenvalue weighted by atomic mass is 9.51. The van der Waals surface area contributed by atoms with Crippen molar-refractivity contribution >= 4 is 17.9 Å². The van der Waals surface area contributed by atoms with E-state index in [-0.39, 0.29) is 6.42 Å². The van der Waals surface area contributed by atoms with Crippen LogP contribution in [0.25, 0.3) is 0 Å². The number of carbonyl (C=O) groups is 3. The molecule has 6 aliphatic rings. The maximum absolute atomic E-state index is 13.4. The van der Waals surface area contributed by atoms with E-state index in [1.807, 2.05) is 20.8 Å². The Hall–Kier alpha value is -1.75. The van der Waals surface area contributed by atoms with Gasteiger partial charge in [0.05, 0.1) is 16.7 Å². The van der Waals surface area contributed by atoms with Crippen LogP contribution in [0.3, 0.4) is 0 Å². The molecule has 3 N–H and O–H groups in total. The van der Waals surface area contributed by atoms with Gasteiger partial charge in [-0.25, -0.2) is 9.59 Å². The third kappa shape index (κ3) is 1.33. The summed E-state index contributed by atoms with van der Waals surface area (Å²) in [4.78, 5) is 38.2. The smallest absolute Gasteiger partial charge is 0.343 e. The van der Waals surface area contributed by atoms with Crippen LogP contribution in [0.5, 0.6) is 0 Å². The Labute approximate surface area is 171 Å². The van der Waals surface area contributed by atoms with E-state index in [1.54, 1.807) is 0 Å². The van der Waals surface area contributed by atoms with E-state index in [4.69, 9.17) is 18.9 Å². The molecule has 10 heteroatoms. The zero-order chi connectivity index (χ0) is 21.8. The second-order valence-electron chi connectivity index (χ2n) is 10.7. The van der Waals surface area contributed by atoms with Crippen molar-refractivity contribution in [1.82, 2.24) is 0 Å². The summed E-state index contributed by atoms with van der Waals surface area (Å²) in [6, 6.07) is 0. The minimum Gasteiger partial charge on any atom is -0.459 e. The lowest BCUT2D eigenvalue weighted by Gasteiger charge is -2.47. The SMILES string of the molecule is C[C@@H]1C(=O)O[C@@H]2C(O)C34[C@H]5CC(C(C)(C)C)C36[C@H](OC(=O)[C@@H]6O)OC4(C(=O)O5)[C@@]12O. The van der Waals surface area contributed by atoms with Crippen LogP contribution in [0.4, 0.5) is 0 Å². The second-order valence-corrected chi connectivity index (χ2v) is 10.7. The minimum absolute atomic E-state index is 0.229. The average molecular weight is 424 g/mol. The molecule has 4 heterocycles. The molecular formula is C20H24O10. The Morgan fingerprint density at radius 1 is 1.03 bits per heavy atom. The van der Waals surface area contributed by atoms with Crippen LogP contribution >= 0.6 is 0 Å². The summed E-state index contributed by atoms with van der Waals surface area (Å²) in [7, 11) is 0. The summed E-state index contributed by atoms with van der Waals surface area (Å²) >= 11 is 0. The Morgan fingerprint density at radius 3 is 2.33 bits per heavy atom. The van der Waals surface area contributed by atoms with E-state index in [9.17, 15) is 29.7 Å². The topological polar surface area (TPSA) is 149 Å². The van der Waals surface area contributed by atoms with Gasteiger partial charge >= 0.3 is 17.9 Å². The highest BCUT2D eigenvalue weighted by molar-refractivity contribution is 5.94. The molecule has 5 unspecified atom stereocenters. The molecule has 0 aromatic heterocycles. The standard InChI is InChI=1S/C20H24O10/c1-6-12(23)28-11-9(21)18-8-5-7(16(2,3)4)17(18)10(22)13(24)29-15(17)30-20(18,14(25)27-8)19(6,11)26/h6-11,15,21-22,26H,5H2,1-4H3/t6-,7?,8-,9?,10+,11-,15-,17?,18?,19-,20?/m1/s1. The molecule has 6 fully saturated rings. The molecular weight excluding hydrogens is 400 g/mol. The van der Waals surface area contributed by atoms with E-state index in [0.29, 0.717) is 0 Å². The van der Waals surface area contributed by atoms with Crippen molar-refractivity contribution in [3.63, 3.8) is 0 Å².